The Labute approximate surface area is 209 Å². The molecule has 36 heavy (non-hydrogen) atoms. The number of fused-ring (bicyclic) bond motifs is 1. The zero-order valence-electron chi connectivity index (χ0n) is 20.8. The highest BCUT2D eigenvalue weighted by Crippen LogP contribution is 2.31. The number of benzene rings is 1. The Morgan fingerprint density at radius 2 is 1.83 bits per heavy atom. The number of rotatable bonds is 4. The smallest absolute Gasteiger partial charge is 0.290 e. The number of carbonyl (C=O) groups excluding carboxylic acids is 2. The number of hydrogen-bond acceptors (Lipinski definition) is 5. The molecule has 2 aromatic rings. The van der Waals surface area contributed by atoms with Crippen molar-refractivity contribution in [1.29, 1.82) is 0 Å². The predicted molar refractivity (Wildman–Crippen MR) is 130 cm³/mol. The van der Waals surface area contributed by atoms with Gasteiger partial charge in [-0.05, 0) is 56.7 Å². The number of piperazine rings is 1. The zero-order valence-corrected chi connectivity index (χ0v) is 20.8. The monoisotopic (exact) mass is 501 g/mol. The molecule has 5 rings (SSSR count). The van der Waals surface area contributed by atoms with Gasteiger partial charge in [0.25, 0.3) is 11.8 Å². The van der Waals surface area contributed by atoms with Crippen LogP contribution in [0.5, 0.6) is 0 Å². The highest BCUT2D eigenvalue weighted by Gasteiger charge is 2.46. The molecule has 3 aliphatic rings. The third kappa shape index (κ3) is 4.47. The quantitative estimate of drug-likeness (QED) is 0.695. The van der Waals surface area contributed by atoms with Crippen molar-refractivity contribution < 1.29 is 23.5 Å². The molecule has 1 aliphatic carbocycles. The van der Waals surface area contributed by atoms with Gasteiger partial charge in [0.1, 0.15) is 12.6 Å². The number of carbonyl (C=O) groups is 2. The third-order valence-corrected chi connectivity index (χ3v) is 7.89. The van der Waals surface area contributed by atoms with E-state index in [1.165, 1.54) is 16.8 Å². The van der Waals surface area contributed by atoms with Gasteiger partial charge in [-0.2, -0.15) is 5.10 Å². The molecule has 3 heterocycles. The van der Waals surface area contributed by atoms with Gasteiger partial charge in [0.15, 0.2) is 5.69 Å². The number of aromatic nitrogens is 2. The van der Waals surface area contributed by atoms with Gasteiger partial charge < -0.3 is 19.8 Å². The number of alkyl halides is 2. The molecule has 0 radical (unpaired) electrons. The van der Waals surface area contributed by atoms with E-state index in [1.807, 2.05) is 4.90 Å². The van der Waals surface area contributed by atoms with Crippen molar-refractivity contribution in [3.05, 3.63) is 46.3 Å². The van der Waals surface area contributed by atoms with E-state index >= 15 is 0 Å². The van der Waals surface area contributed by atoms with E-state index < -0.39 is 24.5 Å². The minimum absolute atomic E-state index is 0.0357. The number of aryl methyl sites for hydroxylation is 1. The molecule has 0 spiro atoms. The molecule has 0 bridgehead atoms. The molecular weight excluding hydrogens is 468 g/mol. The van der Waals surface area contributed by atoms with Gasteiger partial charge in [-0.1, -0.05) is 12.1 Å². The number of likely N-dealkylation sites (tertiary alicyclic amines) is 1. The first-order chi connectivity index (χ1) is 17.2. The van der Waals surface area contributed by atoms with Gasteiger partial charge >= 0.3 is 0 Å². The lowest BCUT2D eigenvalue weighted by atomic mass is 10.0. The Balaban J connectivity index is 1.26. The fourth-order valence-electron chi connectivity index (χ4n) is 5.57. The minimum atomic E-state index is -3.34. The van der Waals surface area contributed by atoms with E-state index in [-0.39, 0.29) is 31.1 Å². The maximum Gasteiger partial charge on any atom is 0.290 e. The molecule has 0 saturated carbocycles. The van der Waals surface area contributed by atoms with E-state index in [9.17, 15) is 23.5 Å². The Morgan fingerprint density at radius 3 is 2.56 bits per heavy atom. The van der Waals surface area contributed by atoms with Crippen LogP contribution < -0.4 is 4.90 Å². The summed E-state index contributed by atoms with van der Waals surface area (Å²) in [6, 6.07) is 6.27. The first-order valence-electron chi connectivity index (χ1n) is 12.7. The first kappa shape index (κ1) is 24.7. The van der Waals surface area contributed by atoms with Crippen molar-refractivity contribution in [2.24, 2.45) is 0 Å². The lowest BCUT2D eigenvalue weighted by Crippen LogP contribution is -2.53. The predicted octanol–water partition coefficient (Wildman–Crippen LogP) is 2.18. The number of nitrogens with zero attached hydrogens (tertiary/aromatic N) is 5. The summed E-state index contributed by atoms with van der Waals surface area (Å²) in [6.07, 6.45) is 0.279. The molecule has 2 fully saturated rings. The lowest BCUT2D eigenvalue weighted by molar-refractivity contribution is -0.142. The number of aliphatic hydroxyl groups excluding tert-OH is 1. The zero-order chi connectivity index (χ0) is 25.6. The van der Waals surface area contributed by atoms with Crippen LogP contribution in [0.25, 0.3) is 0 Å². The summed E-state index contributed by atoms with van der Waals surface area (Å²) in [5.74, 6) is -3.94. The third-order valence-electron chi connectivity index (χ3n) is 7.89. The fourth-order valence-corrected chi connectivity index (χ4v) is 5.57. The van der Waals surface area contributed by atoms with Crippen molar-refractivity contribution >= 4 is 17.5 Å². The van der Waals surface area contributed by atoms with Crippen LogP contribution in [0.15, 0.2) is 18.2 Å². The Hall–Kier alpha value is -3.01. The van der Waals surface area contributed by atoms with Gasteiger partial charge in [0, 0.05) is 49.7 Å². The van der Waals surface area contributed by atoms with Gasteiger partial charge in [-0.25, -0.2) is 8.78 Å². The van der Waals surface area contributed by atoms with E-state index in [2.05, 4.69) is 42.0 Å². The summed E-state index contributed by atoms with van der Waals surface area (Å²) in [7, 11) is 0. The SMILES string of the molecule is Cc1cccc(N2CCN(C(=O)Cn3nc(C(=O)N4CC[C@H](O)C(F)(F)C4)c4c3CCC4)CC2)c1C. The van der Waals surface area contributed by atoms with Crippen LogP contribution in [0.1, 0.15) is 45.7 Å². The summed E-state index contributed by atoms with van der Waals surface area (Å²) in [4.78, 5) is 31.5. The summed E-state index contributed by atoms with van der Waals surface area (Å²) in [5, 5.41) is 14.0. The molecule has 2 aliphatic heterocycles. The maximum atomic E-state index is 14.0. The number of piperidine rings is 1. The molecular formula is C26H33F2N5O3. The van der Waals surface area contributed by atoms with Crippen LogP contribution in [0.2, 0.25) is 0 Å². The van der Waals surface area contributed by atoms with E-state index in [0.29, 0.717) is 25.9 Å². The minimum Gasteiger partial charge on any atom is -0.387 e. The summed E-state index contributed by atoms with van der Waals surface area (Å²) < 4.78 is 29.7. The molecule has 1 N–H and O–H groups in total. The van der Waals surface area contributed by atoms with Crippen molar-refractivity contribution in [3.8, 4) is 0 Å². The average Bonchev–Trinajstić information content (AvgIpc) is 3.46. The van der Waals surface area contributed by atoms with Crippen LogP contribution in [0, 0.1) is 13.8 Å². The molecule has 10 heteroatoms. The summed E-state index contributed by atoms with van der Waals surface area (Å²) in [5.41, 5.74) is 5.48. The summed E-state index contributed by atoms with van der Waals surface area (Å²) >= 11 is 0. The molecule has 0 unspecified atom stereocenters. The molecule has 8 nitrogen and oxygen atoms in total. The van der Waals surface area contributed by atoms with Crippen LogP contribution in [0.4, 0.5) is 14.5 Å². The van der Waals surface area contributed by atoms with E-state index in [1.54, 1.807) is 4.68 Å². The molecule has 2 saturated heterocycles. The van der Waals surface area contributed by atoms with Gasteiger partial charge in [0.05, 0.1) is 6.54 Å². The standard InChI is InChI=1S/C26H33F2N5O3/c1-17-5-3-7-20(18(17)2)30-11-13-31(14-12-30)23(35)15-33-21-8-4-6-19(21)24(29-33)25(36)32-10-9-22(34)26(27,28)16-32/h3,5,7,22,34H,4,6,8-16H2,1-2H3/t22-/m0/s1. The molecule has 1 aromatic carbocycles. The molecule has 1 atom stereocenters. The van der Waals surface area contributed by atoms with Crippen LogP contribution in [-0.4, -0.2) is 87.8 Å². The number of aliphatic hydroxyl groups is 1. The number of hydrogen-bond donors (Lipinski definition) is 1. The van der Waals surface area contributed by atoms with Crippen LogP contribution in [0.3, 0.4) is 0 Å². The van der Waals surface area contributed by atoms with E-state index in [4.69, 9.17) is 0 Å². The van der Waals surface area contributed by atoms with Crippen molar-refractivity contribution in [2.75, 3.05) is 44.2 Å². The van der Waals surface area contributed by atoms with Gasteiger partial charge in [-0.3, -0.25) is 14.3 Å². The lowest BCUT2D eigenvalue weighted by Gasteiger charge is -2.37. The fraction of sp³-hybridized carbons (Fsp3) is 0.577. The highest BCUT2D eigenvalue weighted by molar-refractivity contribution is 5.94. The van der Waals surface area contributed by atoms with Gasteiger partial charge in [-0.15, -0.1) is 0 Å². The Morgan fingerprint density at radius 1 is 1.08 bits per heavy atom. The number of amides is 2. The average molecular weight is 502 g/mol. The Bertz CT molecular complexity index is 1170. The second-order valence-corrected chi connectivity index (χ2v) is 10.2. The normalized spacial score (nSPS) is 21.6. The van der Waals surface area contributed by atoms with Crippen molar-refractivity contribution in [2.45, 2.75) is 58.1 Å². The highest BCUT2D eigenvalue weighted by atomic mass is 19.3. The summed E-state index contributed by atoms with van der Waals surface area (Å²) in [6.45, 7) is 6.18. The Kier molecular flexibility index (Phi) is 6.48. The second kappa shape index (κ2) is 9.46. The van der Waals surface area contributed by atoms with Crippen molar-refractivity contribution in [3.63, 3.8) is 0 Å². The second-order valence-electron chi connectivity index (χ2n) is 10.2. The van der Waals surface area contributed by atoms with Crippen molar-refractivity contribution in [1.82, 2.24) is 19.6 Å². The van der Waals surface area contributed by atoms with Gasteiger partial charge in [0.2, 0.25) is 5.91 Å². The topological polar surface area (TPSA) is 81.9 Å². The number of anilines is 1. The number of halogens is 2. The van der Waals surface area contributed by atoms with E-state index in [0.717, 1.165) is 35.7 Å². The largest absolute Gasteiger partial charge is 0.387 e. The molecule has 1 aromatic heterocycles. The molecule has 194 valence electrons. The van der Waals surface area contributed by atoms with Crippen LogP contribution >= 0.6 is 0 Å². The maximum absolute atomic E-state index is 14.0. The van der Waals surface area contributed by atoms with Crippen LogP contribution in [-0.2, 0) is 24.2 Å². The first-order valence-corrected chi connectivity index (χ1v) is 12.7. The molecule has 2 amide bonds.